The third kappa shape index (κ3) is 1.85. The Morgan fingerprint density at radius 1 is 1.06 bits per heavy atom. The van der Waals surface area contributed by atoms with Crippen molar-refractivity contribution in [1.29, 1.82) is 0 Å². The fourth-order valence-electron chi connectivity index (χ4n) is 1.42. The molecule has 0 fully saturated rings. The molecule has 0 saturated carbocycles. The molecule has 0 atom stereocenters. The van der Waals surface area contributed by atoms with Gasteiger partial charge in [0.25, 0.3) is 0 Å². The number of halogens is 2. The molecule has 3 rings (SSSR count). The van der Waals surface area contributed by atoms with Crippen LogP contribution in [0.5, 0.6) is 0 Å². The molecule has 0 amide bonds. The van der Waals surface area contributed by atoms with Crippen molar-refractivity contribution < 1.29 is 0 Å². The van der Waals surface area contributed by atoms with E-state index in [0.29, 0.717) is 5.82 Å². The fraction of sp³-hybridized carbons (Fsp3) is 0. The molecule has 0 spiro atoms. The molecular weight excluding hydrogens is 350 g/mol. The van der Waals surface area contributed by atoms with Crippen LogP contribution in [0.1, 0.15) is 0 Å². The molecule has 1 aromatic carbocycles. The first-order valence-corrected chi connectivity index (χ1v) is 6.32. The highest BCUT2D eigenvalue weighted by Crippen LogP contribution is 2.29. The summed E-state index contributed by atoms with van der Waals surface area (Å²) >= 11 is 6.90. The quantitative estimate of drug-likeness (QED) is 0.674. The van der Waals surface area contributed by atoms with Crippen LogP contribution in [0.4, 0.5) is 0 Å². The second-order valence-electron chi connectivity index (χ2n) is 3.28. The highest BCUT2D eigenvalue weighted by atomic mass is 79.9. The third-order valence-corrected chi connectivity index (χ3v) is 4.20. The predicted molar refractivity (Wildman–Crippen MR) is 69.9 cm³/mol. The second-order valence-corrected chi connectivity index (χ2v) is 4.93. The Kier molecular flexibility index (Phi) is 2.64. The van der Waals surface area contributed by atoms with Crippen molar-refractivity contribution in [3.63, 3.8) is 0 Å². The molecule has 0 radical (unpaired) electrons. The van der Waals surface area contributed by atoms with Crippen molar-refractivity contribution in [2.45, 2.75) is 0 Å². The fourth-order valence-corrected chi connectivity index (χ4v) is 2.16. The summed E-state index contributed by atoms with van der Waals surface area (Å²) in [5.41, 5.74) is 1.58. The molecule has 0 bridgehead atoms. The average molecular weight is 355 g/mol. The van der Waals surface area contributed by atoms with Crippen LogP contribution in [-0.4, -0.2) is 25.0 Å². The highest BCUT2D eigenvalue weighted by molar-refractivity contribution is 9.13. The minimum absolute atomic E-state index is 0.590. The molecule has 5 nitrogen and oxygen atoms in total. The lowest BCUT2D eigenvalue weighted by molar-refractivity contribution is 0.736. The monoisotopic (exact) mass is 353 g/mol. The van der Waals surface area contributed by atoms with Gasteiger partial charge in [0.1, 0.15) is 11.0 Å². The van der Waals surface area contributed by atoms with Crippen molar-refractivity contribution in [2.75, 3.05) is 0 Å². The van der Waals surface area contributed by atoms with Gasteiger partial charge in [-0.3, -0.25) is 4.98 Å². The Labute approximate surface area is 113 Å². The van der Waals surface area contributed by atoms with Gasteiger partial charge in [-0.05, 0) is 44.0 Å². The number of hydrogen-bond acceptors (Lipinski definition) is 4. The predicted octanol–water partition coefficient (Wildman–Crippen LogP) is 2.74. The summed E-state index contributed by atoms with van der Waals surface area (Å²) in [6, 6.07) is 3.81. The van der Waals surface area contributed by atoms with Crippen LogP contribution in [0, 0.1) is 0 Å². The van der Waals surface area contributed by atoms with Crippen LogP contribution in [0.3, 0.4) is 0 Å². The zero-order valence-electron chi connectivity index (χ0n) is 8.38. The minimum atomic E-state index is 0.590. The van der Waals surface area contributed by atoms with Crippen LogP contribution in [0.2, 0.25) is 0 Å². The molecule has 2 heterocycles. The van der Waals surface area contributed by atoms with Gasteiger partial charge in [-0.1, -0.05) is 0 Å². The molecule has 0 saturated heterocycles. The maximum Gasteiger partial charge on any atom is 0.192 e. The van der Waals surface area contributed by atoms with E-state index in [4.69, 9.17) is 0 Å². The molecule has 0 aliphatic carbocycles. The first kappa shape index (κ1) is 10.8. The Bertz CT molecular complexity index is 680. The zero-order valence-corrected chi connectivity index (χ0v) is 11.6. The van der Waals surface area contributed by atoms with Crippen molar-refractivity contribution in [1.82, 2.24) is 25.0 Å². The Morgan fingerprint density at radius 2 is 1.94 bits per heavy atom. The van der Waals surface area contributed by atoms with Gasteiger partial charge < -0.3 is 0 Å². The smallest absolute Gasteiger partial charge is 0.192 e. The first-order chi connectivity index (χ1) is 8.25. The van der Waals surface area contributed by atoms with E-state index in [1.165, 1.54) is 4.80 Å². The van der Waals surface area contributed by atoms with Gasteiger partial charge in [0.15, 0.2) is 5.82 Å². The number of benzene rings is 1. The van der Waals surface area contributed by atoms with E-state index >= 15 is 0 Å². The van der Waals surface area contributed by atoms with Crippen LogP contribution >= 0.6 is 31.9 Å². The average Bonchev–Trinajstić information content (AvgIpc) is 2.80. The minimum Gasteiger partial charge on any atom is -0.259 e. The maximum atomic E-state index is 4.37. The summed E-state index contributed by atoms with van der Waals surface area (Å²) in [6.07, 6.45) is 4.83. The lowest BCUT2D eigenvalue weighted by Crippen LogP contribution is -2.01. The van der Waals surface area contributed by atoms with E-state index in [1.54, 1.807) is 18.6 Å². The van der Waals surface area contributed by atoms with Gasteiger partial charge in [0, 0.05) is 16.9 Å². The Hall–Kier alpha value is -1.34. The van der Waals surface area contributed by atoms with Gasteiger partial charge in [0.2, 0.25) is 0 Å². The highest BCUT2D eigenvalue weighted by Gasteiger charge is 2.10. The summed E-state index contributed by atoms with van der Waals surface area (Å²) in [6.45, 7) is 0. The van der Waals surface area contributed by atoms with Crippen molar-refractivity contribution in [3.05, 3.63) is 39.7 Å². The van der Waals surface area contributed by atoms with Crippen molar-refractivity contribution in [2.24, 2.45) is 0 Å². The SMILES string of the molecule is Brc1ccc2nn(-c3cnccn3)nc2c1Br. The molecular formula is C10H5Br2N5. The van der Waals surface area contributed by atoms with Crippen LogP contribution in [0.15, 0.2) is 39.7 Å². The molecule has 0 aliphatic rings. The van der Waals surface area contributed by atoms with Gasteiger partial charge in [-0.2, -0.15) is 0 Å². The molecule has 0 aliphatic heterocycles. The van der Waals surface area contributed by atoms with E-state index < -0.39 is 0 Å². The van der Waals surface area contributed by atoms with Gasteiger partial charge in [-0.15, -0.1) is 15.0 Å². The number of fused-ring (bicyclic) bond motifs is 1. The second kappa shape index (κ2) is 4.15. The summed E-state index contributed by atoms with van der Waals surface area (Å²) in [5.74, 6) is 0.590. The van der Waals surface area contributed by atoms with Gasteiger partial charge in [-0.25, -0.2) is 4.98 Å². The van der Waals surface area contributed by atoms with E-state index in [0.717, 1.165) is 20.0 Å². The molecule has 84 valence electrons. The molecule has 2 aromatic heterocycles. The van der Waals surface area contributed by atoms with E-state index in [2.05, 4.69) is 52.0 Å². The topological polar surface area (TPSA) is 56.5 Å². The third-order valence-electron chi connectivity index (χ3n) is 2.20. The molecule has 17 heavy (non-hydrogen) atoms. The number of aromatic nitrogens is 5. The molecule has 3 aromatic rings. The lowest BCUT2D eigenvalue weighted by atomic mass is 10.3. The standard InChI is InChI=1S/C10H5Br2N5/c11-6-1-2-7-10(9(6)12)16-17(15-7)8-5-13-3-4-14-8/h1-5H. The van der Waals surface area contributed by atoms with Crippen LogP contribution in [-0.2, 0) is 0 Å². The van der Waals surface area contributed by atoms with E-state index in [1.807, 2.05) is 12.1 Å². The number of hydrogen-bond donors (Lipinski definition) is 0. The van der Waals surface area contributed by atoms with Crippen LogP contribution in [0.25, 0.3) is 16.9 Å². The number of nitrogens with zero attached hydrogens (tertiary/aromatic N) is 5. The molecule has 0 N–H and O–H groups in total. The van der Waals surface area contributed by atoms with Crippen molar-refractivity contribution in [3.8, 4) is 5.82 Å². The Balaban J connectivity index is 2.24. The summed E-state index contributed by atoms with van der Waals surface area (Å²) in [5, 5.41) is 8.71. The molecule has 7 heteroatoms. The van der Waals surface area contributed by atoms with E-state index in [-0.39, 0.29) is 0 Å². The summed E-state index contributed by atoms with van der Waals surface area (Å²) in [4.78, 5) is 9.60. The zero-order chi connectivity index (χ0) is 11.8. The molecule has 0 unspecified atom stereocenters. The summed E-state index contributed by atoms with van der Waals surface area (Å²) < 4.78 is 1.82. The first-order valence-electron chi connectivity index (χ1n) is 4.73. The lowest BCUT2D eigenvalue weighted by Gasteiger charge is -1.94. The normalized spacial score (nSPS) is 10.9. The number of rotatable bonds is 1. The summed E-state index contributed by atoms with van der Waals surface area (Å²) in [7, 11) is 0. The van der Waals surface area contributed by atoms with Gasteiger partial charge in [0.05, 0.1) is 10.7 Å². The van der Waals surface area contributed by atoms with Crippen molar-refractivity contribution >= 4 is 42.9 Å². The van der Waals surface area contributed by atoms with Crippen LogP contribution < -0.4 is 0 Å². The van der Waals surface area contributed by atoms with E-state index in [9.17, 15) is 0 Å². The Morgan fingerprint density at radius 3 is 2.71 bits per heavy atom. The van der Waals surface area contributed by atoms with Gasteiger partial charge >= 0.3 is 0 Å². The largest absolute Gasteiger partial charge is 0.259 e. The maximum absolute atomic E-state index is 4.37.